The van der Waals surface area contributed by atoms with Crippen LogP contribution in [0.4, 0.5) is 14.9 Å². The van der Waals surface area contributed by atoms with Crippen molar-refractivity contribution in [1.29, 1.82) is 0 Å². The number of hydrogen-bond donors (Lipinski definition) is 2. The molecule has 2 N–H and O–H groups in total. The van der Waals surface area contributed by atoms with Crippen molar-refractivity contribution >= 4 is 21.7 Å². The van der Waals surface area contributed by atoms with Gasteiger partial charge < -0.3 is 20.1 Å². The minimum atomic E-state index is -3.99. The maximum atomic E-state index is 14.1. The second kappa shape index (κ2) is 11.5. The molecule has 3 aromatic rings. The number of benzene rings is 3. The summed E-state index contributed by atoms with van der Waals surface area (Å²) in [6.07, 6.45) is -0.597. The lowest BCUT2D eigenvalue weighted by Crippen LogP contribution is -2.50. The molecule has 1 aliphatic rings. The highest BCUT2D eigenvalue weighted by Crippen LogP contribution is 2.36. The van der Waals surface area contributed by atoms with Crippen molar-refractivity contribution in [1.82, 2.24) is 9.21 Å². The van der Waals surface area contributed by atoms with Gasteiger partial charge in [-0.05, 0) is 42.3 Å². The van der Waals surface area contributed by atoms with Gasteiger partial charge in [0.15, 0.2) is 0 Å². The molecule has 0 fully saturated rings. The van der Waals surface area contributed by atoms with Gasteiger partial charge in [0.1, 0.15) is 22.6 Å². The lowest BCUT2D eigenvalue weighted by atomic mass is 10.0. The van der Waals surface area contributed by atoms with E-state index < -0.39 is 34.0 Å². The molecule has 0 bridgehead atoms. The van der Waals surface area contributed by atoms with Crippen LogP contribution in [0, 0.1) is 11.7 Å². The highest BCUT2D eigenvalue weighted by Gasteiger charge is 2.38. The van der Waals surface area contributed by atoms with Gasteiger partial charge in [0.2, 0.25) is 10.0 Å². The number of rotatable bonds is 6. The van der Waals surface area contributed by atoms with Crippen LogP contribution >= 0.6 is 0 Å². The van der Waals surface area contributed by atoms with Crippen molar-refractivity contribution in [3.8, 4) is 16.9 Å². The van der Waals surface area contributed by atoms with Crippen LogP contribution in [0.25, 0.3) is 11.1 Å². The Labute approximate surface area is 222 Å². The smallest absolute Gasteiger partial charge is 0.321 e. The van der Waals surface area contributed by atoms with E-state index in [2.05, 4.69) is 5.32 Å². The van der Waals surface area contributed by atoms with E-state index in [1.807, 2.05) is 37.3 Å². The molecule has 0 aliphatic carbocycles. The molecule has 8 nitrogen and oxygen atoms in total. The second-order valence-corrected chi connectivity index (χ2v) is 11.4. The molecule has 0 spiro atoms. The third kappa shape index (κ3) is 5.82. The van der Waals surface area contributed by atoms with Crippen LogP contribution in [0.15, 0.2) is 77.7 Å². The fraction of sp³-hybridized carbons (Fsp3) is 0.321. The molecule has 4 rings (SSSR count). The molecular formula is C28H32FN3O5S. The van der Waals surface area contributed by atoms with E-state index in [0.717, 1.165) is 11.1 Å². The normalized spacial score (nSPS) is 19.8. The average Bonchev–Trinajstić information content (AvgIpc) is 2.91. The minimum absolute atomic E-state index is 0.00663. The summed E-state index contributed by atoms with van der Waals surface area (Å²) in [5.74, 6) is -0.733. The maximum absolute atomic E-state index is 14.1. The Morgan fingerprint density at radius 1 is 1.13 bits per heavy atom. The van der Waals surface area contributed by atoms with Gasteiger partial charge in [-0.2, -0.15) is 4.31 Å². The van der Waals surface area contributed by atoms with E-state index in [1.165, 1.54) is 33.5 Å². The zero-order valence-electron chi connectivity index (χ0n) is 21.5. The zero-order chi connectivity index (χ0) is 27.4. The molecule has 0 aromatic heterocycles. The Morgan fingerprint density at radius 3 is 2.50 bits per heavy atom. The summed E-state index contributed by atoms with van der Waals surface area (Å²) in [6, 6.07) is 19.1. The Balaban J connectivity index is 1.69. The van der Waals surface area contributed by atoms with Crippen molar-refractivity contribution in [2.75, 3.05) is 32.1 Å². The number of amides is 2. The number of nitrogens with one attached hydrogen (secondary N) is 1. The number of sulfonamides is 1. The number of urea groups is 1. The zero-order valence-corrected chi connectivity index (χ0v) is 22.4. The average molecular weight is 542 g/mol. The highest BCUT2D eigenvalue weighted by molar-refractivity contribution is 7.89. The molecule has 1 aliphatic heterocycles. The summed E-state index contributed by atoms with van der Waals surface area (Å²) in [4.78, 5) is 14.2. The molecular weight excluding hydrogens is 509 g/mol. The van der Waals surface area contributed by atoms with E-state index in [1.54, 1.807) is 32.2 Å². The largest absolute Gasteiger partial charge is 0.487 e. The first-order valence-corrected chi connectivity index (χ1v) is 13.8. The molecule has 0 saturated heterocycles. The summed E-state index contributed by atoms with van der Waals surface area (Å²) in [6.45, 7) is 3.33. The number of aliphatic hydroxyl groups excluding tert-OH is 1. The number of carbonyl (C=O) groups excluding carboxylic acids is 1. The monoisotopic (exact) mass is 541 g/mol. The fourth-order valence-electron chi connectivity index (χ4n) is 4.38. The van der Waals surface area contributed by atoms with Crippen LogP contribution in [0.1, 0.15) is 13.8 Å². The minimum Gasteiger partial charge on any atom is -0.487 e. The second-order valence-electron chi connectivity index (χ2n) is 9.56. The Kier molecular flexibility index (Phi) is 8.35. The number of carbonyl (C=O) groups is 1. The number of likely N-dealkylation sites (N-methyl/N-ethyl adjacent to an activating group) is 1. The summed E-state index contributed by atoms with van der Waals surface area (Å²) < 4.78 is 49.0. The molecule has 3 aromatic carbocycles. The van der Waals surface area contributed by atoms with Gasteiger partial charge in [-0.25, -0.2) is 17.6 Å². The van der Waals surface area contributed by atoms with Gasteiger partial charge in [0, 0.05) is 25.6 Å². The van der Waals surface area contributed by atoms with Crippen molar-refractivity contribution in [3.05, 3.63) is 78.6 Å². The molecule has 1 heterocycles. The van der Waals surface area contributed by atoms with Gasteiger partial charge >= 0.3 is 6.03 Å². The van der Waals surface area contributed by atoms with Crippen molar-refractivity contribution < 1.29 is 27.4 Å². The molecule has 3 atom stereocenters. The SMILES string of the molecule is C[C@H]1CN([C@@H](C)CO)S(=O)(=O)c2ccc(-c3ccccc3)cc2O[C@H]1CN(C)C(=O)Nc1ccccc1F. The first kappa shape index (κ1) is 27.6. The molecule has 0 unspecified atom stereocenters. The van der Waals surface area contributed by atoms with E-state index in [-0.39, 0.29) is 41.9 Å². The van der Waals surface area contributed by atoms with Gasteiger partial charge in [0.25, 0.3) is 0 Å². The lowest BCUT2D eigenvalue weighted by Gasteiger charge is -2.37. The Bertz CT molecular complexity index is 1390. The van der Waals surface area contributed by atoms with Crippen LogP contribution in [0.5, 0.6) is 5.75 Å². The van der Waals surface area contributed by atoms with E-state index in [4.69, 9.17) is 4.74 Å². The molecule has 38 heavy (non-hydrogen) atoms. The molecule has 10 heteroatoms. The summed E-state index contributed by atoms with van der Waals surface area (Å²) in [5, 5.41) is 12.4. The Morgan fingerprint density at radius 2 is 1.82 bits per heavy atom. The summed E-state index contributed by atoms with van der Waals surface area (Å²) in [7, 11) is -2.42. The first-order chi connectivity index (χ1) is 18.1. The van der Waals surface area contributed by atoms with E-state index in [9.17, 15) is 22.7 Å². The number of nitrogens with zero attached hydrogens (tertiary/aromatic N) is 2. The van der Waals surface area contributed by atoms with Crippen LogP contribution < -0.4 is 10.1 Å². The number of anilines is 1. The quantitative estimate of drug-likeness (QED) is 0.481. The lowest BCUT2D eigenvalue weighted by molar-refractivity contribution is 0.0830. The predicted octanol–water partition coefficient (Wildman–Crippen LogP) is 4.43. The molecule has 2 amide bonds. The van der Waals surface area contributed by atoms with Crippen molar-refractivity contribution in [2.45, 2.75) is 30.9 Å². The van der Waals surface area contributed by atoms with Gasteiger partial charge in [-0.1, -0.05) is 55.5 Å². The molecule has 0 radical (unpaired) electrons. The van der Waals surface area contributed by atoms with E-state index >= 15 is 0 Å². The van der Waals surface area contributed by atoms with Crippen LogP contribution in [0.3, 0.4) is 0 Å². The number of para-hydroxylation sites is 1. The topological polar surface area (TPSA) is 99.2 Å². The van der Waals surface area contributed by atoms with Crippen LogP contribution in [-0.2, 0) is 10.0 Å². The maximum Gasteiger partial charge on any atom is 0.321 e. The van der Waals surface area contributed by atoms with Gasteiger partial charge in [-0.3, -0.25) is 0 Å². The number of aliphatic hydroxyl groups is 1. The third-order valence-electron chi connectivity index (χ3n) is 6.69. The number of hydrogen-bond acceptors (Lipinski definition) is 5. The molecule has 202 valence electrons. The predicted molar refractivity (Wildman–Crippen MR) is 144 cm³/mol. The number of halogens is 1. The third-order valence-corrected chi connectivity index (χ3v) is 8.71. The van der Waals surface area contributed by atoms with Crippen LogP contribution in [-0.4, -0.2) is 67.7 Å². The fourth-order valence-corrected chi connectivity index (χ4v) is 6.21. The standard InChI is InChI=1S/C28H32FN3O5S/c1-19-16-32(20(2)18-33)38(35,36)27-14-13-22(21-9-5-4-6-10-21)15-25(27)37-26(19)17-31(3)28(34)30-24-12-8-7-11-23(24)29/h4-15,19-20,26,33H,16-18H2,1-3H3,(H,30,34)/t19-,20-,26-/m0/s1. The van der Waals surface area contributed by atoms with Gasteiger partial charge in [0.05, 0.1) is 18.8 Å². The first-order valence-electron chi connectivity index (χ1n) is 12.4. The van der Waals surface area contributed by atoms with Crippen molar-refractivity contribution in [3.63, 3.8) is 0 Å². The number of ether oxygens (including phenoxy) is 1. The summed E-state index contributed by atoms with van der Waals surface area (Å²) in [5.41, 5.74) is 1.73. The van der Waals surface area contributed by atoms with Crippen molar-refractivity contribution in [2.24, 2.45) is 5.92 Å². The van der Waals surface area contributed by atoms with Gasteiger partial charge in [-0.15, -0.1) is 0 Å². The highest BCUT2D eigenvalue weighted by atomic mass is 32.2. The van der Waals surface area contributed by atoms with Crippen LogP contribution in [0.2, 0.25) is 0 Å². The number of fused-ring (bicyclic) bond motifs is 1. The summed E-state index contributed by atoms with van der Waals surface area (Å²) >= 11 is 0. The molecule has 0 saturated carbocycles. The Hall–Kier alpha value is -3.47. The van der Waals surface area contributed by atoms with E-state index in [0.29, 0.717) is 0 Å².